The van der Waals surface area contributed by atoms with Gasteiger partial charge in [0.2, 0.25) is 0 Å². The molecule has 1 aliphatic heterocycles. The molecule has 0 saturated carbocycles. The van der Waals surface area contributed by atoms with E-state index in [4.69, 9.17) is 4.99 Å². The van der Waals surface area contributed by atoms with E-state index in [1.165, 1.54) is 5.56 Å². The van der Waals surface area contributed by atoms with E-state index in [2.05, 4.69) is 75.3 Å². The lowest BCUT2D eigenvalue weighted by Crippen LogP contribution is -2.51. The van der Waals surface area contributed by atoms with Gasteiger partial charge in [0.1, 0.15) is 0 Å². The third kappa shape index (κ3) is 5.95. The van der Waals surface area contributed by atoms with Gasteiger partial charge in [0.15, 0.2) is 10.9 Å². The van der Waals surface area contributed by atoms with Crippen LogP contribution in [0.2, 0.25) is 0 Å². The molecule has 6 nitrogen and oxygen atoms in total. The predicted molar refractivity (Wildman–Crippen MR) is 136 cm³/mol. The summed E-state index contributed by atoms with van der Waals surface area (Å²) in [6.07, 6.45) is 6.34. The average molecular weight is 539 g/mol. The van der Waals surface area contributed by atoms with Crippen LogP contribution < -0.4 is 10.6 Å². The molecule has 3 aromatic rings. The van der Waals surface area contributed by atoms with Crippen LogP contribution in [0, 0.1) is 0 Å². The van der Waals surface area contributed by atoms with Gasteiger partial charge < -0.3 is 10.6 Å². The minimum Gasteiger partial charge on any atom is -0.357 e. The van der Waals surface area contributed by atoms with Crippen LogP contribution >= 0.6 is 35.3 Å². The standard InChI is InChI=1S/C22H30N6S.HI/c1-3-23-21(24-14-20-16-28-11-12-29-22(28)26-20)25-19-9-10-27(17(2)13-19)15-18-7-5-4-6-8-18;/h4-8,11-12,16-17,19H,3,9-10,13-15H2,1-2H3,(H2,23,24,25);1H. The first-order chi connectivity index (χ1) is 14.2. The SMILES string of the molecule is CCNC(=NCc1cn2ccsc2n1)NC1CCN(Cc2ccccc2)C(C)C1.I. The Hall–Kier alpha value is -1.65. The first-order valence-corrected chi connectivity index (χ1v) is 11.3. The number of nitrogens with zero attached hydrogens (tertiary/aromatic N) is 4. The van der Waals surface area contributed by atoms with Crippen molar-refractivity contribution in [2.75, 3.05) is 13.1 Å². The molecule has 2 aromatic heterocycles. The van der Waals surface area contributed by atoms with Crippen LogP contribution in [-0.2, 0) is 13.1 Å². The Balaban J connectivity index is 0.00000256. The summed E-state index contributed by atoms with van der Waals surface area (Å²) in [5, 5.41) is 9.08. The Kier molecular flexibility index (Phi) is 8.52. The Labute approximate surface area is 199 Å². The number of rotatable bonds is 6. The van der Waals surface area contributed by atoms with Gasteiger partial charge in [-0.15, -0.1) is 35.3 Å². The molecule has 0 bridgehead atoms. The first kappa shape index (κ1) is 23.0. The van der Waals surface area contributed by atoms with Crippen molar-refractivity contribution in [3.63, 3.8) is 0 Å². The van der Waals surface area contributed by atoms with Crippen molar-refractivity contribution in [3.05, 3.63) is 59.4 Å². The smallest absolute Gasteiger partial charge is 0.193 e. The summed E-state index contributed by atoms with van der Waals surface area (Å²) in [4.78, 5) is 13.0. The molecule has 0 aliphatic carbocycles. The zero-order valence-electron chi connectivity index (χ0n) is 17.6. The summed E-state index contributed by atoms with van der Waals surface area (Å²) >= 11 is 1.65. The number of aromatic nitrogens is 2. The van der Waals surface area contributed by atoms with Gasteiger partial charge in [0.25, 0.3) is 0 Å². The second-order valence-corrected chi connectivity index (χ2v) is 8.56. The zero-order chi connectivity index (χ0) is 20.1. The van der Waals surface area contributed by atoms with Crippen LogP contribution in [0.4, 0.5) is 0 Å². The van der Waals surface area contributed by atoms with Gasteiger partial charge in [-0.3, -0.25) is 9.30 Å². The van der Waals surface area contributed by atoms with E-state index in [-0.39, 0.29) is 24.0 Å². The van der Waals surface area contributed by atoms with E-state index < -0.39 is 0 Å². The molecule has 0 spiro atoms. The molecule has 1 aromatic carbocycles. The maximum atomic E-state index is 4.77. The van der Waals surface area contributed by atoms with Crippen molar-refractivity contribution in [1.82, 2.24) is 24.9 Å². The van der Waals surface area contributed by atoms with Crippen molar-refractivity contribution in [1.29, 1.82) is 0 Å². The highest BCUT2D eigenvalue weighted by Crippen LogP contribution is 2.20. The molecule has 1 fully saturated rings. The maximum absolute atomic E-state index is 4.77. The number of nitrogens with one attached hydrogen (secondary N) is 2. The highest BCUT2D eigenvalue weighted by molar-refractivity contribution is 14.0. The molecule has 2 N–H and O–H groups in total. The van der Waals surface area contributed by atoms with E-state index in [0.717, 1.165) is 49.1 Å². The number of thiazole rings is 1. The quantitative estimate of drug-likeness (QED) is 0.282. The van der Waals surface area contributed by atoms with Gasteiger partial charge in [0.05, 0.1) is 12.2 Å². The summed E-state index contributed by atoms with van der Waals surface area (Å²) < 4.78 is 2.06. The van der Waals surface area contributed by atoms with Gasteiger partial charge in [-0.1, -0.05) is 30.3 Å². The zero-order valence-corrected chi connectivity index (χ0v) is 20.8. The van der Waals surface area contributed by atoms with Crippen molar-refractivity contribution < 1.29 is 0 Å². The predicted octanol–water partition coefficient (Wildman–Crippen LogP) is 4.12. The lowest BCUT2D eigenvalue weighted by atomic mass is 9.97. The second-order valence-electron chi connectivity index (χ2n) is 7.69. The number of piperidine rings is 1. The van der Waals surface area contributed by atoms with Crippen molar-refractivity contribution in [2.24, 2.45) is 4.99 Å². The molecule has 2 unspecified atom stereocenters. The maximum Gasteiger partial charge on any atom is 0.193 e. The van der Waals surface area contributed by atoms with Gasteiger partial charge >= 0.3 is 0 Å². The van der Waals surface area contributed by atoms with Crippen LogP contribution in [-0.4, -0.2) is 45.4 Å². The fourth-order valence-corrected chi connectivity index (χ4v) is 4.65. The molecule has 8 heteroatoms. The molecule has 0 radical (unpaired) electrons. The third-order valence-electron chi connectivity index (χ3n) is 5.47. The molecule has 162 valence electrons. The summed E-state index contributed by atoms with van der Waals surface area (Å²) in [5.74, 6) is 0.887. The lowest BCUT2D eigenvalue weighted by Gasteiger charge is -2.38. The summed E-state index contributed by atoms with van der Waals surface area (Å²) in [5.41, 5.74) is 2.39. The second kappa shape index (κ2) is 11.1. The van der Waals surface area contributed by atoms with E-state index in [1.807, 2.05) is 11.6 Å². The van der Waals surface area contributed by atoms with Gasteiger partial charge in [-0.2, -0.15) is 0 Å². The third-order valence-corrected chi connectivity index (χ3v) is 6.24. The Bertz CT molecular complexity index is 909. The average Bonchev–Trinajstić information content (AvgIpc) is 3.31. The molecule has 2 atom stereocenters. The number of likely N-dealkylation sites (tertiary alicyclic amines) is 1. The minimum atomic E-state index is 0. The number of halogens is 1. The van der Waals surface area contributed by atoms with Crippen LogP contribution in [0.15, 0.2) is 53.1 Å². The van der Waals surface area contributed by atoms with Crippen molar-refractivity contribution >= 4 is 46.2 Å². The number of guanidine groups is 1. The molecule has 30 heavy (non-hydrogen) atoms. The Morgan fingerprint density at radius 2 is 2.13 bits per heavy atom. The topological polar surface area (TPSA) is 57.0 Å². The lowest BCUT2D eigenvalue weighted by molar-refractivity contribution is 0.134. The number of hydrogen-bond donors (Lipinski definition) is 2. The molecular formula is C22H31IN6S. The largest absolute Gasteiger partial charge is 0.357 e. The minimum absolute atomic E-state index is 0. The van der Waals surface area contributed by atoms with Crippen molar-refractivity contribution in [3.8, 4) is 0 Å². The highest BCUT2D eigenvalue weighted by atomic mass is 127. The summed E-state index contributed by atoms with van der Waals surface area (Å²) in [6.45, 7) is 8.01. The van der Waals surface area contributed by atoms with Crippen LogP contribution in [0.1, 0.15) is 37.9 Å². The molecule has 3 heterocycles. The number of aliphatic imine (C=N–C) groups is 1. The van der Waals surface area contributed by atoms with E-state index >= 15 is 0 Å². The number of benzene rings is 1. The van der Waals surface area contributed by atoms with Gasteiger partial charge in [0, 0.05) is 49.5 Å². The molecule has 1 aliphatic rings. The first-order valence-electron chi connectivity index (χ1n) is 10.4. The fourth-order valence-electron chi connectivity index (χ4n) is 3.93. The molecule has 0 amide bonds. The highest BCUT2D eigenvalue weighted by Gasteiger charge is 2.26. The summed E-state index contributed by atoms with van der Waals surface area (Å²) in [7, 11) is 0. The molecule has 1 saturated heterocycles. The Morgan fingerprint density at radius 1 is 1.30 bits per heavy atom. The summed E-state index contributed by atoms with van der Waals surface area (Å²) in [6, 6.07) is 11.7. The monoisotopic (exact) mass is 538 g/mol. The molecular weight excluding hydrogens is 507 g/mol. The number of hydrogen-bond acceptors (Lipinski definition) is 4. The van der Waals surface area contributed by atoms with E-state index in [0.29, 0.717) is 18.6 Å². The number of fused-ring (bicyclic) bond motifs is 1. The normalized spacial score (nSPS) is 20.1. The van der Waals surface area contributed by atoms with Crippen LogP contribution in [0.3, 0.4) is 0 Å². The van der Waals surface area contributed by atoms with Gasteiger partial charge in [-0.05, 0) is 32.3 Å². The molecule has 4 rings (SSSR count). The fraction of sp³-hybridized carbons (Fsp3) is 0.455. The van der Waals surface area contributed by atoms with E-state index in [9.17, 15) is 0 Å². The van der Waals surface area contributed by atoms with Crippen molar-refractivity contribution in [2.45, 2.75) is 51.9 Å². The van der Waals surface area contributed by atoms with Gasteiger partial charge in [-0.25, -0.2) is 9.98 Å². The number of imidazole rings is 1. The van der Waals surface area contributed by atoms with Crippen LogP contribution in [0.5, 0.6) is 0 Å². The van der Waals surface area contributed by atoms with Crippen LogP contribution in [0.25, 0.3) is 4.96 Å². The van der Waals surface area contributed by atoms with E-state index in [1.54, 1.807) is 11.3 Å². The Morgan fingerprint density at radius 3 is 2.87 bits per heavy atom.